The van der Waals surface area contributed by atoms with Gasteiger partial charge in [0.15, 0.2) is 0 Å². The summed E-state index contributed by atoms with van der Waals surface area (Å²) >= 11 is 0. The lowest BCUT2D eigenvalue weighted by Crippen LogP contribution is -2.44. The Morgan fingerprint density at radius 2 is 1.89 bits per heavy atom. The molecule has 0 atom stereocenters. The Balaban J connectivity index is 1.41. The van der Waals surface area contributed by atoms with Crippen molar-refractivity contribution in [2.75, 3.05) is 6.54 Å². The summed E-state index contributed by atoms with van der Waals surface area (Å²) in [5, 5.41) is 13.4. The zero-order chi connectivity index (χ0) is 19.4. The third-order valence-corrected chi connectivity index (χ3v) is 5.01. The molecule has 0 radical (unpaired) electrons. The number of rotatable bonds is 7. The zero-order valence-electron chi connectivity index (χ0n) is 14.8. The fraction of sp³-hybridized carbons (Fsp3) is 0.500. The molecule has 2 aliphatic rings. The van der Waals surface area contributed by atoms with Crippen LogP contribution in [-0.2, 0) is 20.9 Å². The van der Waals surface area contributed by atoms with E-state index in [-0.39, 0.29) is 37.2 Å². The van der Waals surface area contributed by atoms with E-state index in [0.29, 0.717) is 24.8 Å². The summed E-state index contributed by atoms with van der Waals surface area (Å²) in [7, 11) is 0. The van der Waals surface area contributed by atoms with E-state index < -0.39 is 16.4 Å². The van der Waals surface area contributed by atoms with Gasteiger partial charge in [-0.05, 0) is 37.0 Å². The van der Waals surface area contributed by atoms with Gasteiger partial charge in [-0.3, -0.25) is 24.6 Å². The molecule has 3 amide bonds. The monoisotopic (exact) mass is 375 g/mol. The maximum absolute atomic E-state index is 12.5. The number of amides is 3. The van der Waals surface area contributed by atoms with E-state index in [1.54, 1.807) is 0 Å². The predicted molar refractivity (Wildman–Crippen MR) is 93.6 cm³/mol. The van der Waals surface area contributed by atoms with Crippen LogP contribution in [0.15, 0.2) is 24.3 Å². The fourth-order valence-electron chi connectivity index (χ4n) is 3.53. The average molecular weight is 375 g/mol. The van der Waals surface area contributed by atoms with Gasteiger partial charge in [-0.1, -0.05) is 12.8 Å². The zero-order valence-corrected chi connectivity index (χ0v) is 14.8. The van der Waals surface area contributed by atoms with Gasteiger partial charge in [-0.2, -0.15) is 0 Å². The Morgan fingerprint density at radius 3 is 2.52 bits per heavy atom. The second-order valence-corrected chi connectivity index (χ2v) is 6.86. The molecule has 1 aromatic rings. The van der Waals surface area contributed by atoms with Crippen molar-refractivity contribution in [1.82, 2.24) is 10.2 Å². The molecule has 0 unspecified atom stereocenters. The second-order valence-electron chi connectivity index (χ2n) is 6.86. The molecule has 1 N–H and O–H groups in total. The highest BCUT2D eigenvalue weighted by Crippen LogP contribution is 2.35. The Kier molecular flexibility index (Phi) is 5.38. The first kappa shape index (κ1) is 18.8. The van der Waals surface area contributed by atoms with Crippen molar-refractivity contribution >= 4 is 23.6 Å². The number of nitro benzene ring substituents is 1. The summed E-state index contributed by atoms with van der Waals surface area (Å²) in [5.41, 5.74) is -0.113. The fourth-order valence-corrected chi connectivity index (χ4v) is 3.53. The van der Waals surface area contributed by atoms with Crippen molar-refractivity contribution in [1.29, 1.82) is 0 Å². The van der Waals surface area contributed by atoms with Crippen LogP contribution in [0.1, 0.15) is 44.1 Å². The number of carbonyl (C=O) groups is 3. The lowest BCUT2D eigenvalue weighted by atomic mass is 9.98. The molecule has 1 aromatic carbocycles. The van der Waals surface area contributed by atoms with Gasteiger partial charge >= 0.3 is 12.0 Å². The third kappa shape index (κ3) is 4.07. The van der Waals surface area contributed by atoms with Gasteiger partial charge in [0, 0.05) is 25.1 Å². The number of esters is 1. The maximum atomic E-state index is 12.5. The molecule has 0 aromatic heterocycles. The van der Waals surface area contributed by atoms with Crippen LogP contribution in [0.25, 0.3) is 0 Å². The van der Waals surface area contributed by atoms with E-state index in [0.717, 1.165) is 12.8 Å². The molecule has 9 nitrogen and oxygen atoms in total. The van der Waals surface area contributed by atoms with E-state index in [4.69, 9.17) is 4.74 Å². The maximum Gasteiger partial charge on any atom is 0.325 e. The Labute approximate surface area is 155 Å². The van der Waals surface area contributed by atoms with Crippen molar-refractivity contribution in [3.8, 4) is 0 Å². The second kappa shape index (κ2) is 7.73. The molecule has 0 bridgehead atoms. The normalized spacial score (nSPS) is 18.0. The number of benzene rings is 1. The quantitative estimate of drug-likeness (QED) is 0.338. The molecule has 3 rings (SSSR count). The number of imide groups is 1. The average Bonchev–Trinajstić information content (AvgIpc) is 3.20. The minimum Gasteiger partial charge on any atom is -0.461 e. The highest BCUT2D eigenvalue weighted by molar-refractivity contribution is 6.07. The minimum atomic E-state index is -0.729. The smallest absolute Gasteiger partial charge is 0.325 e. The highest BCUT2D eigenvalue weighted by Gasteiger charge is 2.52. The van der Waals surface area contributed by atoms with Crippen LogP contribution >= 0.6 is 0 Å². The predicted octanol–water partition coefficient (Wildman–Crippen LogP) is 2.28. The van der Waals surface area contributed by atoms with Crippen LogP contribution in [0, 0.1) is 10.1 Å². The number of urea groups is 1. The van der Waals surface area contributed by atoms with E-state index in [1.807, 2.05) is 0 Å². The Bertz CT molecular complexity index is 755. The molecular weight excluding hydrogens is 354 g/mol. The Hall–Kier alpha value is -2.97. The lowest BCUT2D eigenvalue weighted by molar-refractivity contribution is -0.384. The van der Waals surface area contributed by atoms with E-state index >= 15 is 0 Å². The number of non-ortho nitro benzene ring substituents is 1. The van der Waals surface area contributed by atoms with Gasteiger partial charge in [-0.25, -0.2) is 4.79 Å². The standard InChI is InChI=1S/C18H21N3O6/c22-15(27-12-13-5-7-14(8-6-13)21(25)26)4-3-11-20-16(23)18(19-17(20)24)9-1-2-10-18/h5-8H,1-4,9-12H2,(H,19,24). The number of carbonyl (C=O) groups excluding carboxylic acids is 3. The summed E-state index contributed by atoms with van der Waals surface area (Å²) in [6.07, 6.45) is 3.60. The molecule has 1 spiro atoms. The van der Waals surface area contributed by atoms with Crippen LogP contribution in [0.3, 0.4) is 0 Å². The van der Waals surface area contributed by atoms with Crippen LogP contribution in [0.4, 0.5) is 10.5 Å². The van der Waals surface area contributed by atoms with Gasteiger partial charge < -0.3 is 10.1 Å². The van der Waals surface area contributed by atoms with Gasteiger partial charge in [0.25, 0.3) is 11.6 Å². The SMILES string of the molecule is O=C(CCCN1C(=O)NC2(CCCC2)C1=O)OCc1ccc([N+](=O)[O-])cc1. The summed E-state index contributed by atoms with van der Waals surface area (Å²) in [5.74, 6) is -0.639. The largest absolute Gasteiger partial charge is 0.461 e. The van der Waals surface area contributed by atoms with Crippen molar-refractivity contribution in [2.45, 2.75) is 50.7 Å². The summed E-state index contributed by atoms with van der Waals surface area (Å²) in [6.45, 7) is 0.197. The van der Waals surface area contributed by atoms with E-state index in [9.17, 15) is 24.5 Å². The van der Waals surface area contributed by atoms with Crippen LogP contribution < -0.4 is 5.32 Å². The van der Waals surface area contributed by atoms with Gasteiger partial charge in [0.05, 0.1) is 4.92 Å². The highest BCUT2D eigenvalue weighted by atomic mass is 16.6. The van der Waals surface area contributed by atoms with Crippen LogP contribution in [-0.4, -0.2) is 39.8 Å². The summed E-state index contributed by atoms with van der Waals surface area (Å²) < 4.78 is 5.13. The molecule has 2 fully saturated rings. The minimum absolute atomic E-state index is 0.0169. The number of nitrogens with zero attached hydrogens (tertiary/aromatic N) is 2. The molecular formula is C18H21N3O6. The third-order valence-electron chi connectivity index (χ3n) is 5.01. The van der Waals surface area contributed by atoms with Gasteiger partial charge in [0.2, 0.25) is 0 Å². The molecule has 9 heteroatoms. The van der Waals surface area contributed by atoms with Crippen molar-refractivity contribution in [2.24, 2.45) is 0 Å². The van der Waals surface area contributed by atoms with Gasteiger partial charge in [0.1, 0.15) is 12.1 Å². The van der Waals surface area contributed by atoms with Crippen LogP contribution in [0.5, 0.6) is 0 Å². The van der Waals surface area contributed by atoms with Crippen LogP contribution in [0.2, 0.25) is 0 Å². The summed E-state index contributed by atoms with van der Waals surface area (Å²) in [6, 6.07) is 5.36. The topological polar surface area (TPSA) is 119 Å². The number of hydrogen-bond acceptors (Lipinski definition) is 6. The number of nitro groups is 1. The molecule has 1 heterocycles. The molecule has 1 aliphatic carbocycles. The summed E-state index contributed by atoms with van der Waals surface area (Å²) in [4.78, 5) is 47.6. The molecule has 1 saturated carbocycles. The van der Waals surface area contributed by atoms with E-state index in [2.05, 4.69) is 5.32 Å². The number of nitrogens with one attached hydrogen (secondary N) is 1. The first-order chi connectivity index (χ1) is 12.9. The van der Waals surface area contributed by atoms with Crippen molar-refractivity contribution < 1.29 is 24.0 Å². The van der Waals surface area contributed by atoms with E-state index in [1.165, 1.54) is 29.2 Å². The molecule has 1 saturated heterocycles. The van der Waals surface area contributed by atoms with Crippen molar-refractivity contribution in [3.05, 3.63) is 39.9 Å². The molecule has 144 valence electrons. The molecule has 1 aliphatic heterocycles. The number of ether oxygens (including phenoxy) is 1. The lowest BCUT2D eigenvalue weighted by Gasteiger charge is -2.19. The van der Waals surface area contributed by atoms with Crippen molar-refractivity contribution in [3.63, 3.8) is 0 Å². The van der Waals surface area contributed by atoms with Gasteiger partial charge in [-0.15, -0.1) is 0 Å². The Morgan fingerprint density at radius 1 is 1.22 bits per heavy atom. The number of hydrogen-bond donors (Lipinski definition) is 1. The first-order valence-electron chi connectivity index (χ1n) is 8.94. The first-order valence-corrected chi connectivity index (χ1v) is 8.94. The molecule has 27 heavy (non-hydrogen) atoms.